The molecule has 0 atom stereocenters. The van der Waals surface area contributed by atoms with E-state index in [1.54, 1.807) is 10.9 Å². The van der Waals surface area contributed by atoms with Crippen LogP contribution in [0.1, 0.15) is 5.56 Å². The molecule has 5 heteroatoms. The molecule has 2 heterocycles. The molecule has 0 bridgehead atoms. The molecule has 0 spiro atoms. The third-order valence-corrected chi connectivity index (χ3v) is 2.06. The standard InChI is InChI=1S/C10H13N5/c1-7-5-8(11)6-12-10(7)13-9-3-4-15(2)14-9/h3-6H,11H2,1-2H3,(H,12,13,14). The van der Waals surface area contributed by atoms with E-state index < -0.39 is 0 Å². The molecule has 0 aliphatic heterocycles. The van der Waals surface area contributed by atoms with Crippen molar-refractivity contribution < 1.29 is 0 Å². The fourth-order valence-electron chi connectivity index (χ4n) is 1.33. The van der Waals surface area contributed by atoms with Gasteiger partial charge < -0.3 is 11.1 Å². The average molecular weight is 203 g/mol. The van der Waals surface area contributed by atoms with Gasteiger partial charge in [-0.15, -0.1) is 0 Å². The summed E-state index contributed by atoms with van der Waals surface area (Å²) in [7, 11) is 1.87. The maximum absolute atomic E-state index is 5.61. The summed E-state index contributed by atoms with van der Waals surface area (Å²) in [5.41, 5.74) is 7.28. The van der Waals surface area contributed by atoms with Gasteiger partial charge in [0.15, 0.2) is 5.82 Å². The van der Waals surface area contributed by atoms with Crippen LogP contribution in [0.25, 0.3) is 0 Å². The highest BCUT2D eigenvalue weighted by Gasteiger charge is 2.02. The molecule has 0 radical (unpaired) electrons. The van der Waals surface area contributed by atoms with E-state index in [-0.39, 0.29) is 0 Å². The number of nitrogens with zero attached hydrogens (tertiary/aromatic N) is 3. The van der Waals surface area contributed by atoms with Crippen molar-refractivity contribution in [2.75, 3.05) is 11.1 Å². The van der Waals surface area contributed by atoms with Crippen molar-refractivity contribution in [2.45, 2.75) is 6.92 Å². The van der Waals surface area contributed by atoms with Crippen molar-refractivity contribution >= 4 is 17.3 Å². The van der Waals surface area contributed by atoms with Crippen molar-refractivity contribution in [1.82, 2.24) is 14.8 Å². The van der Waals surface area contributed by atoms with E-state index in [9.17, 15) is 0 Å². The number of nitrogens with one attached hydrogen (secondary N) is 1. The van der Waals surface area contributed by atoms with Gasteiger partial charge in [0, 0.05) is 19.3 Å². The zero-order valence-electron chi connectivity index (χ0n) is 8.73. The average Bonchev–Trinajstić information content (AvgIpc) is 2.56. The Morgan fingerprint density at radius 3 is 2.87 bits per heavy atom. The number of nitrogen functional groups attached to an aromatic ring is 1. The molecule has 0 fully saturated rings. The Bertz CT molecular complexity index is 474. The van der Waals surface area contributed by atoms with E-state index in [0.29, 0.717) is 5.69 Å². The SMILES string of the molecule is Cc1cc(N)cnc1Nc1ccn(C)n1. The maximum atomic E-state index is 5.61. The van der Waals surface area contributed by atoms with Gasteiger partial charge in [-0.3, -0.25) is 4.68 Å². The molecule has 0 aliphatic carbocycles. The van der Waals surface area contributed by atoms with Gasteiger partial charge in [0.2, 0.25) is 0 Å². The third-order valence-electron chi connectivity index (χ3n) is 2.06. The Morgan fingerprint density at radius 2 is 2.27 bits per heavy atom. The van der Waals surface area contributed by atoms with Gasteiger partial charge in [-0.25, -0.2) is 4.98 Å². The summed E-state index contributed by atoms with van der Waals surface area (Å²) in [4.78, 5) is 4.20. The molecule has 0 amide bonds. The van der Waals surface area contributed by atoms with Crippen LogP contribution < -0.4 is 11.1 Å². The number of nitrogens with two attached hydrogens (primary N) is 1. The molecule has 78 valence electrons. The number of hydrogen-bond acceptors (Lipinski definition) is 4. The van der Waals surface area contributed by atoms with Crippen LogP contribution >= 0.6 is 0 Å². The molecule has 15 heavy (non-hydrogen) atoms. The Balaban J connectivity index is 2.24. The lowest BCUT2D eigenvalue weighted by Crippen LogP contribution is -1.99. The van der Waals surface area contributed by atoms with E-state index >= 15 is 0 Å². The molecule has 2 aromatic heterocycles. The third kappa shape index (κ3) is 2.07. The zero-order valence-corrected chi connectivity index (χ0v) is 8.73. The van der Waals surface area contributed by atoms with Gasteiger partial charge in [-0.05, 0) is 18.6 Å². The van der Waals surface area contributed by atoms with E-state index in [0.717, 1.165) is 17.2 Å². The van der Waals surface area contributed by atoms with Crippen LogP contribution in [-0.2, 0) is 7.05 Å². The number of aryl methyl sites for hydroxylation is 2. The first kappa shape index (κ1) is 9.51. The van der Waals surface area contributed by atoms with Crippen LogP contribution in [-0.4, -0.2) is 14.8 Å². The topological polar surface area (TPSA) is 68.8 Å². The van der Waals surface area contributed by atoms with Gasteiger partial charge in [-0.2, -0.15) is 5.10 Å². The fourth-order valence-corrected chi connectivity index (χ4v) is 1.33. The van der Waals surface area contributed by atoms with Gasteiger partial charge in [0.25, 0.3) is 0 Å². The first-order chi connectivity index (χ1) is 7.15. The van der Waals surface area contributed by atoms with Crippen molar-refractivity contribution in [3.05, 3.63) is 30.1 Å². The molecular formula is C10H13N5. The van der Waals surface area contributed by atoms with Gasteiger partial charge in [-0.1, -0.05) is 0 Å². The number of aromatic nitrogens is 3. The highest BCUT2D eigenvalue weighted by molar-refractivity contribution is 5.58. The lowest BCUT2D eigenvalue weighted by Gasteiger charge is -2.05. The molecule has 0 saturated heterocycles. The smallest absolute Gasteiger partial charge is 0.153 e. The maximum Gasteiger partial charge on any atom is 0.153 e. The minimum atomic E-state index is 0.666. The number of hydrogen-bond donors (Lipinski definition) is 2. The predicted octanol–water partition coefficient (Wildman–Crippen LogP) is 1.45. The van der Waals surface area contributed by atoms with E-state index in [4.69, 9.17) is 5.73 Å². The summed E-state index contributed by atoms with van der Waals surface area (Å²) in [6.45, 7) is 1.95. The highest BCUT2D eigenvalue weighted by Crippen LogP contribution is 2.17. The summed E-state index contributed by atoms with van der Waals surface area (Å²) in [6.07, 6.45) is 3.49. The largest absolute Gasteiger partial charge is 0.397 e. The van der Waals surface area contributed by atoms with E-state index in [1.807, 2.05) is 32.3 Å². The minimum Gasteiger partial charge on any atom is -0.397 e. The Labute approximate surface area is 87.9 Å². The van der Waals surface area contributed by atoms with Crippen molar-refractivity contribution in [2.24, 2.45) is 7.05 Å². The second-order valence-corrected chi connectivity index (χ2v) is 3.43. The summed E-state index contributed by atoms with van der Waals surface area (Å²) in [6, 6.07) is 3.76. The summed E-state index contributed by atoms with van der Waals surface area (Å²) in [5.74, 6) is 1.56. The lowest BCUT2D eigenvalue weighted by atomic mass is 10.2. The summed E-state index contributed by atoms with van der Waals surface area (Å²) < 4.78 is 1.73. The van der Waals surface area contributed by atoms with Crippen molar-refractivity contribution in [3.8, 4) is 0 Å². The van der Waals surface area contributed by atoms with E-state index in [1.165, 1.54) is 0 Å². The van der Waals surface area contributed by atoms with E-state index in [2.05, 4.69) is 15.4 Å². The van der Waals surface area contributed by atoms with Crippen LogP contribution in [0.5, 0.6) is 0 Å². The second-order valence-electron chi connectivity index (χ2n) is 3.43. The molecule has 5 nitrogen and oxygen atoms in total. The number of rotatable bonds is 2. The molecule has 0 aromatic carbocycles. The fraction of sp³-hybridized carbons (Fsp3) is 0.200. The molecule has 3 N–H and O–H groups in total. The number of pyridine rings is 1. The van der Waals surface area contributed by atoms with Crippen LogP contribution in [0.2, 0.25) is 0 Å². The zero-order chi connectivity index (χ0) is 10.8. The Hall–Kier alpha value is -2.04. The molecule has 0 saturated carbocycles. The Morgan fingerprint density at radius 1 is 1.47 bits per heavy atom. The first-order valence-corrected chi connectivity index (χ1v) is 4.64. The van der Waals surface area contributed by atoms with Crippen LogP contribution in [0.4, 0.5) is 17.3 Å². The quantitative estimate of drug-likeness (QED) is 0.775. The van der Waals surface area contributed by atoms with Crippen LogP contribution in [0, 0.1) is 6.92 Å². The minimum absolute atomic E-state index is 0.666. The Kier molecular flexibility index (Phi) is 2.29. The molecular weight excluding hydrogens is 190 g/mol. The highest BCUT2D eigenvalue weighted by atomic mass is 15.3. The van der Waals surface area contributed by atoms with Gasteiger partial charge in [0.1, 0.15) is 5.82 Å². The summed E-state index contributed by atoms with van der Waals surface area (Å²) in [5, 5.41) is 7.33. The lowest BCUT2D eigenvalue weighted by molar-refractivity contribution is 0.771. The summed E-state index contributed by atoms with van der Waals surface area (Å²) >= 11 is 0. The van der Waals surface area contributed by atoms with Gasteiger partial charge >= 0.3 is 0 Å². The molecule has 0 unspecified atom stereocenters. The normalized spacial score (nSPS) is 10.3. The van der Waals surface area contributed by atoms with Gasteiger partial charge in [0.05, 0.1) is 11.9 Å². The van der Waals surface area contributed by atoms with Crippen molar-refractivity contribution in [3.63, 3.8) is 0 Å². The second kappa shape index (κ2) is 3.61. The number of anilines is 3. The van der Waals surface area contributed by atoms with Crippen LogP contribution in [0.3, 0.4) is 0 Å². The first-order valence-electron chi connectivity index (χ1n) is 4.64. The monoisotopic (exact) mass is 203 g/mol. The molecule has 2 rings (SSSR count). The molecule has 2 aromatic rings. The van der Waals surface area contributed by atoms with Crippen molar-refractivity contribution in [1.29, 1.82) is 0 Å². The molecule has 0 aliphatic rings. The van der Waals surface area contributed by atoms with Crippen LogP contribution in [0.15, 0.2) is 24.5 Å². The predicted molar refractivity (Wildman–Crippen MR) is 59.9 cm³/mol.